The molecule has 0 spiro atoms. The molecule has 1 aliphatic heterocycles. The highest BCUT2D eigenvalue weighted by atomic mass is 16.4. The van der Waals surface area contributed by atoms with E-state index in [0.717, 1.165) is 30.8 Å². The molecule has 1 aliphatic rings. The van der Waals surface area contributed by atoms with Gasteiger partial charge in [-0.15, -0.1) is 0 Å². The molecule has 1 fully saturated rings. The van der Waals surface area contributed by atoms with E-state index >= 15 is 0 Å². The molecule has 0 aliphatic carbocycles. The van der Waals surface area contributed by atoms with Crippen molar-refractivity contribution in [1.29, 1.82) is 0 Å². The highest BCUT2D eigenvalue weighted by Crippen LogP contribution is 2.28. The van der Waals surface area contributed by atoms with Crippen LogP contribution in [-0.2, 0) is 6.42 Å². The Morgan fingerprint density at radius 1 is 1.37 bits per heavy atom. The number of hydrogen-bond donors (Lipinski definition) is 1. The Balaban J connectivity index is 2.42. The fraction of sp³-hybridized carbons (Fsp3) is 0.600. The van der Waals surface area contributed by atoms with Crippen LogP contribution in [0.25, 0.3) is 0 Å². The van der Waals surface area contributed by atoms with Crippen molar-refractivity contribution in [3.05, 3.63) is 23.4 Å². The summed E-state index contributed by atoms with van der Waals surface area (Å²) >= 11 is 0. The van der Waals surface area contributed by atoms with Gasteiger partial charge in [-0.2, -0.15) is 0 Å². The maximum absolute atomic E-state index is 11.2. The Bertz CT molecular complexity index is 463. The molecule has 0 bridgehead atoms. The molecule has 19 heavy (non-hydrogen) atoms. The quantitative estimate of drug-likeness (QED) is 0.909. The van der Waals surface area contributed by atoms with Crippen LogP contribution in [0.15, 0.2) is 12.1 Å². The second-order valence-electron chi connectivity index (χ2n) is 5.40. The van der Waals surface area contributed by atoms with Crippen molar-refractivity contribution in [2.24, 2.45) is 0 Å². The van der Waals surface area contributed by atoms with Crippen LogP contribution in [0.3, 0.4) is 0 Å². The number of aryl methyl sites for hydroxylation is 1. The van der Waals surface area contributed by atoms with E-state index in [4.69, 9.17) is 0 Å². The molecule has 1 aromatic rings. The van der Waals surface area contributed by atoms with Crippen molar-refractivity contribution in [2.75, 3.05) is 4.90 Å². The van der Waals surface area contributed by atoms with Gasteiger partial charge in [-0.3, -0.25) is 0 Å². The molecule has 1 aromatic heterocycles. The molecule has 1 N–H and O–H groups in total. The molecule has 1 saturated heterocycles. The van der Waals surface area contributed by atoms with Gasteiger partial charge in [0, 0.05) is 17.8 Å². The van der Waals surface area contributed by atoms with Gasteiger partial charge in [-0.25, -0.2) is 9.78 Å². The molecule has 4 heteroatoms. The Labute approximate surface area is 114 Å². The summed E-state index contributed by atoms with van der Waals surface area (Å²) in [6.07, 6.45) is 4.28. The summed E-state index contributed by atoms with van der Waals surface area (Å²) in [6, 6.07) is 4.22. The summed E-state index contributed by atoms with van der Waals surface area (Å²) in [4.78, 5) is 18.1. The van der Waals surface area contributed by atoms with Crippen LogP contribution in [-0.4, -0.2) is 28.1 Å². The van der Waals surface area contributed by atoms with Crippen molar-refractivity contribution >= 4 is 11.8 Å². The molecule has 2 heterocycles. The Kier molecular flexibility index (Phi) is 4.08. The van der Waals surface area contributed by atoms with Crippen LogP contribution >= 0.6 is 0 Å². The van der Waals surface area contributed by atoms with E-state index in [-0.39, 0.29) is 0 Å². The Hall–Kier alpha value is -1.58. The van der Waals surface area contributed by atoms with Gasteiger partial charge >= 0.3 is 5.97 Å². The first-order chi connectivity index (χ1) is 9.02. The second kappa shape index (κ2) is 5.59. The van der Waals surface area contributed by atoms with E-state index in [1.165, 1.54) is 6.42 Å². The predicted molar refractivity (Wildman–Crippen MR) is 75.8 cm³/mol. The van der Waals surface area contributed by atoms with Gasteiger partial charge in [-0.05, 0) is 51.7 Å². The first-order valence-corrected chi connectivity index (χ1v) is 7.05. The van der Waals surface area contributed by atoms with E-state index in [9.17, 15) is 9.90 Å². The average molecular weight is 262 g/mol. The van der Waals surface area contributed by atoms with Gasteiger partial charge in [0.25, 0.3) is 0 Å². The fourth-order valence-corrected chi connectivity index (χ4v) is 2.88. The number of carboxylic acids is 1. The number of carbonyl (C=O) groups is 1. The molecule has 0 saturated carbocycles. The molecule has 0 radical (unpaired) electrons. The van der Waals surface area contributed by atoms with E-state index in [1.54, 1.807) is 12.1 Å². The lowest BCUT2D eigenvalue weighted by Gasteiger charge is -2.40. The second-order valence-corrected chi connectivity index (χ2v) is 5.40. The van der Waals surface area contributed by atoms with Crippen LogP contribution in [0.2, 0.25) is 0 Å². The van der Waals surface area contributed by atoms with Crippen molar-refractivity contribution in [1.82, 2.24) is 4.98 Å². The molecule has 0 aromatic carbocycles. The van der Waals surface area contributed by atoms with E-state index in [1.807, 2.05) is 6.92 Å². The lowest BCUT2D eigenvalue weighted by molar-refractivity contribution is 0.0696. The van der Waals surface area contributed by atoms with Gasteiger partial charge in [0.05, 0.1) is 5.56 Å². The number of anilines is 1. The molecule has 4 nitrogen and oxygen atoms in total. The van der Waals surface area contributed by atoms with Gasteiger partial charge < -0.3 is 10.0 Å². The molecular weight excluding hydrogens is 240 g/mol. The summed E-state index contributed by atoms with van der Waals surface area (Å²) in [7, 11) is 0. The number of carboxylic acid groups (broad SMARTS) is 1. The standard InChI is InChI=1S/C15H22N2O2/c1-4-13-8-12(15(18)19)9-14(16-13)17-10(2)6-5-7-11(17)3/h8-11H,4-7H2,1-3H3,(H,18,19). The smallest absolute Gasteiger partial charge is 0.335 e. The Morgan fingerprint density at radius 3 is 2.53 bits per heavy atom. The SMILES string of the molecule is CCc1cc(C(=O)O)cc(N2C(C)CCCC2C)n1. The fourth-order valence-electron chi connectivity index (χ4n) is 2.88. The van der Waals surface area contributed by atoms with Crippen LogP contribution in [0.4, 0.5) is 5.82 Å². The minimum atomic E-state index is -0.879. The molecule has 0 amide bonds. The Morgan fingerprint density at radius 2 is 2.00 bits per heavy atom. The first kappa shape index (κ1) is 13.8. The van der Waals surface area contributed by atoms with Crippen molar-refractivity contribution < 1.29 is 9.90 Å². The number of aromatic nitrogens is 1. The third-order valence-electron chi connectivity index (χ3n) is 3.93. The number of hydrogen-bond acceptors (Lipinski definition) is 3. The lowest BCUT2D eigenvalue weighted by Crippen LogP contribution is -2.44. The molecule has 2 atom stereocenters. The van der Waals surface area contributed by atoms with Gasteiger partial charge in [-0.1, -0.05) is 6.92 Å². The molecule has 104 valence electrons. The minimum absolute atomic E-state index is 0.340. The van der Waals surface area contributed by atoms with Crippen molar-refractivity contribution in [3.63, 3.8) is 0 Å². The summed E-state index contributed by atoms with van der Waals surface area (Å²) in [5.41, 5.74) is 1.19. The molecule has 2 unspecified atom stereocenters. The highest BCUT2D eigenvalue weighted by molar-refractivity contribution is 5.88. The van der Waals surface area contributed by atoms with E-state index in [0.29, 0.717) is 17.6 Å². The largest absolute Gasteiger partial charge is 0.478 e. The first-order valence-electron chi connectivity index (χ1n) is 7.05. The van der Waals surface area contributed by atoms with Crippen LogP contribution in [0.1, 0.15) is 56.1 Å². The zero-order chi connectivity index (χ0) is 14.0. The van der Waals surface area contributed by atoms with E-state index < -0.39 is 5.97 Å². The predicted octanol–water partition coefficient (Wildman–Crippen LogP) is 3.11. The number of rotatable bonds is 3. The summed E-state index contributed by atoms with van der Waals surface area (Å²) < 4.78 is 0. The van der Waals surface area contributed by atoms with Crippen LogP contribution in [0.5, 0.6) is 0 Å². The zero-order valence-corrected chi connectivity index (χ0v) is 11.9. The zero-order valence-electron chi connectivity index (χ0n) is 11.9. The number of pyridine rings is 1. The van der Waals surface area contributed by atoms with Crippen LogP contribution in [0, 0.1) is 0 Å². The van der Waals surface area contributed by atoms with Crippen molar-refractivity contribution in [3.8, 4) is 0 Å². The molecule has 2 rings (SSSR count). The van der Waals surface area contributed by atoms with Gasteiger partial charge in [0.15, 0.2) is 0 Å². The van der Waals surface area contributed by atoms with E-state index in [2.05, 4.69) is 23.7 Å². The molecular formula is C15H22N2O2. The minimum Gasteiger partial charge on any atom is -0.478 e. The summed E-state index contributed by atoms with van der Waals surface area (Å²) in [5, 5.41) is 9.21. The monoisotopic (exact) mass is 262 g/mol. The number of piperidine rings is 1. The van der Waals surface area contributed by atoms with Gasteiger partial charge in [0.1, 0.15) is 5.82 Å². The number of aromatic carboxylic acids is 1. The van der Waals surface area contributed by atoms with Crippen molar-refractivity contribution in [2.45, 2.75) is 58.5 Å². The maximum Gasteiger partial charge on any atom is 0.335 e. The van der Waals surface area contributed by atoms with Gasteiger partial charge in [0.2, 0.25) is 0 Å². The third-order valence-corrected chi connectivity index (χ3v) is 3.93. The summed E-state index contributed by atoms with van der Waals surface area (Å²) in [5.74, 6) is -0.0629. The lowest BCUT2D eigenvalue weighted by atomic mass is 9.97. The average Bonchev–Trinajstić information content (AvgIpc) is 2.38. The topological polar surface area (TPSA) is 53.4 Å². The maximum atomic E-state index is 11.2. The summed E-state index contributed by atoms with van der Waals surface area (Å²) in [6.45, 7) is 6.38. The third kappa shape index (κ3) is 2.88. The number of nitrogens with zero attached hydrogens (tertiary/aromatic N) is 2. The highest BCUT2D eigenvalue weighted by Gasteiger charge is 2.26. The van der Waals surface area contributed by atoms with Crippen LogP contribution < -0.4 is 4.90 Å². The normalized spacial score (nSPS) is 23.4.